The number of nitrogens with zero attached hydrogens (tertiary/aromatic N) is 3. The molecule has 214 valence electrons. The average Bonchev–Trinajstić information content (AvgIpc) is 3.57. The Morgan fingerprint density at radius 1 is 0.949 bits per heavy atom. The summed E-state index contributed by atoms with van der Waals surface area (Å²) in [5, 5.41) is 26.5. The Hall–Kier alpha value is -4.51. The van der Waals surface area contributed by atoms with E-state index < -0.39 is 54.0 Å². The number of nitrogens with two attached hydrogens (primary N) is 3. The number of hydrogen-bond donors (Lipinski definition) is 10. The predicted molar refractivity (Wildman–Crippen MR) is 138 cm³/mol. The first kappa shape index (κ1) is 30.7. The highest BCUT2D eigenvalue weighted by Gasteiger charge is 2.32. The fourth-order valence-electron chi connectivity index (χ4n) is 3.50. The van der Waals surface area contributed by atoms with E-state index in [4.69, 9.17) is 17.2 Å². The van der Waals surface area contributed by atoms with E-state index in [1.54, 1.807) is 0 Å². The summed E-state index contributed by atoms with van der Waals surface area (Å²) in [7, 11) is 0. The number of carbonyl (C=O) groups is 4. The van der Waals surface area contributed by atoms with Gasteiger partial charge in [0.25, 0.3) is 0 Å². The molecule has 17 heteroatoms. The van der Waals surface area contributed by atoms with Gasteiger partial charge in [-0.3, -0.25) is 19.4 Å². The number of aliphatic hydroxyl groups excluding tert-OH is 1. The third-order valence-electron chi connectivity index (χ3n) is 5.57. The summed E-state index contributed by atoms with van der Waals surface area (Å²) in [6.45, 7) is 1.48. The van der Waals surface area contributed by atoms with Crippen molar-refractivity contribution in [3.05, 3.63) is 36.4 Å². The molecule has 0 aliphatic rings. The third-order valence-corrected chi connectivity index (χ3v) is 5.57. The normalized spacial score (nSPS) is 14.7. The number of aromatic nitrogens is 4. The average molecular weight is 550 g/mol. The molecule has 0 aliphatic carbocycles. The number of amides is 3. The molecule has 0 fully saturated rings. The second-order valence-corrected chi connectivity index (χ2v) is 8.80. The highest BCUT2D eigenvalue weighted by Crippen LogP contribution is 2.06. The Labute approximate surface area is 223 Å². The minimum atomic E-state index is -1.61. The number of aliphatic hydroxyl groups is 1. The fourth-order valence-corrected chi connectivity index (χ4v) is 3.50. The number of carboxylic acids is 1. The van der Waals surface area contributed by atoms with Crippen molar-refractivity contribution in [3.8, 4) is 0 Å². The summed E-state index contributed by atoms with van der Waals surface area (Å²) in [4.78, 5) is 67.8. The second kappa shape index (κ2) is 15.0. The third kappa shape index (κ3) is 10.4. The first-order chi connectivity index (χ1) is 18.5. The molecule has 0 aromatic carbocycles. The number of H-pyrrole nitrogens is 2. The van der Waals surface area contributed by atoms with Crippen molar-refractivity contribution in [2.75, 3.05) is 6.54 Å². The minimum absolute atomic E-state index is 0.0118. The molecule has 2 aromatic rings. The van der Waals surface area contributed by atoms with E-state index >= 15 is 0 Å². The Morgan fingerprint density at radius 3 is 1.90 bits per heavy atom. The maximum absolute atomic E-state index is 13.3. The molecule has 0 radical (unpaired) electrons. The molecule has 5 atom stereocenters. The van der Waals surface area contributed by atoms with Crippen LogP contribution in [0.1, 0.15) is 31.2 Å². The van der Waals surface area contributed by atoms with E-state index in [1.807, 2.05) is 0 Å². The number of hydrogen-bond acceptors (Lipinski definition) is 9. The van der Waals surface area contributed by atoms with Gasteiger partial charge < -0.3 is 53.3 Å². The van der Waals surface area contributed by atoms with Crippen LogP contribution >= 0.6 is 0 Å². The second-order valence-electron chi connectivity index (χ2n) is 8.80. The highest BCUT2D eigenvalue weighted by atomic mass is 16.4. The van der Waals surface area contributed by atoms with E-state index in [1.165, 1.54) is 32.0 Å². The molecule has 0 saturated heterocycles. The Balaban J connectivity index is 2.18. The van der Waals surface area contributed by atoms with Crippen molar-refractivity contribution < 1.29 is 29.4 Å². The van der Waals surface area contributed by atoms with Gasteiger partial charge in [0.15, 0.2) is 12.0 Å². The van der Waals surface area contributed by atoms with Crippen molar-refractivity contribution in [2.24, 2.45) is 22.2 Å². The predicted octanol–water partition coefficient (Wildman–Crippen LogP) is -3.78. The number of aliphatic carboxylic acids is 1. The molecular formula is C22H35N11O6. The van der Waals surface area contributed by atoms with Crippen LogP contribution in [0.25, 0.3) is 0 Å². The van der Waals surface area contributed by atoms with Gasteiger partial charge in [-0.1, -0.05) is 0 Å². The van der Waals surface area contributed by atoms with Gasteiger partial charge in [-0.25, -0.2) is 14.8 Å². The number of aromatic amines is 2. The summed E-state index contributed by atoms with van der Waals surface area (Å²) >= 11 is 0. The zero-order chi connectivity index (χ0) is 28.9. The number of carbonyl (C=O) groups excluding carboxylic acids is 3. The molecule has 13 N–H and O–H groups in total. The highest BCUT2D eigenvalue weighted by molar-refractivity contribution is 5.94. The van der Waals surface area contributed by atoms with Crippen LogP contribution in [0.15, 0.2) is 30.0 Å². The maximum atomic E-state index is 13.3. The summed E-state index contributed by atoms with van der Waals surface area (Å²) < 4.78 is 0. The smallest absolute Gasteiger partial charge is 0.328 e. The molecule has 0 bridgehead atoms. The first-order valence-corrected chi connectivity index (χ1v) is 12.0. The number of nitrogens with one attached hydrogen (secondary N) is 5. The molecule has 0 aliphatic heterocycles. The van der Waals surface area contributed by atoms with Gasteiger partial charge in [0, 0.05) is 43.2 Å². The summed E-state index contributed by atoms with van der Waals surface area (Å²) in [6, 6.07) is -5.04. The zero-order valence-corrected chi connectivity index (χ0v) is 21.3. The molecule has 2 rings (SSSR count). The molecule has 3 amide bonds. The molecule has 5 unspecified atom stereocenters. The van der Waals surface area contributed by atoms with Gasteiger partial charge in [0.05, 0.1) is 24.8 Å². The fraction of sp³-hybridized carbons (Fsp3) is 0.500. The van der Waals surface area contributed by atoms with Gasteiger partial charge in [-0.15, -0.1) is 0 Å². The summed E-state index contributed by atoms with van der Waals surface area (Å²) in [5.41, 5.74) is 17.5. The molecule has 17 nitrogen and oxygen atoms in total. The van der Waals surface area contributed by atoms with E-state index in [9.17, 15) is 29.4 Å². The lowest BCUT2D eigenvalue weighted by Gasteiger charge is -2.25. The maximum Gasteiger partial charge on any atom is 0.328 e. The molecule has 0 spiro atoms. The van der Waals surface area contributed by atoms with Crippen molar-refractivity contribution >= 4 is 29.7 Å². The minimum Gasteiger partial charge on any atom is -0.480 e. The van der Waals surface area contributed by atoms with Crippen LogP contribution in [0, 0.1) is 0 Å². The summed E-state index contributed by atoms with van der Waals surface area (Å²) in [6.07, 6.45) is 4.83. The molecule has 0 saturated carbocycles. The SMILES string of the molecule is CC(O)C(NC(=O)C(Cc1cnc[nH]1)NC(=O)C(Cc1cnc[nH]1)NC(=O)C(N)CCCN=C(N)N)C(=O)O. The lowest BCUT2D eigenvalue weighted by atomic mass is 10.1. The van der Waals surface area contributed by atoms with Crippen molar-refractivity contribution in [3.63, 3.8) is 0 Å². The van der Waals surface area contributed by atoms with Gasteiger partial charge in [0.1, 0.15) is 12.1 Å². The standard InChI is InChI=1S/C22H35N11O6/c1-11(34)17(21(38)39)33-20(37)16(6-13-8-27-10-30-13)32-19(36)15(5-12-7-26-9-29-12)31-18(35)14(23)3-2-4-28-22(24)25/h7-11,14-17,34H,2-6,23H2,1H3,(H,26,29)(H,27,30)(H,31,35)(H,32,36)(H,33,37)(H,38,39)(H4,24,25,28). The van der Waals surface area contributed by atoms with Crippen LogP contribution in [0.5, 0.6) is 0 Å². The number of rotatable bonds is 16. The quantitative estimate of drug-likeness (QED) is 0.0550. The molecule has 2 aromatic heterocycles. The summed E-state index contributed by atoms with van der Waals surface area (Å²) in [5.74, 6) is -3.76. The number of aliphatic imine (C=N–C) groups is 1. The van der Waals surface area contributed by atoms with Gasteiger partial charge in [0.2, 0.25) is 17.7 Å². The molecule has 39 heavy (non-hydrogen) atoms. The van der Waals surface area contributed by atoms with Crippen LogP contribution in [0.2, 0.25) is 0 Å². The van der Waals surface area contributed by atoms with Gasteiger partial charge in [-0.2, -0.15) is 0 Å². The molecule has 2 heterocycles. The van der Waals surface area contributed by atoms with E-state index in [-0.39, 0.29) is 31.8 Å². The Bertz CT molecular complexity index is 1100. The molecular weight excluding hydrogens is 514 g/mol. The lowest BCUT2D eigenvalue weighted by molar-refractivity contribution is -0.145. The number of carboxylic acid groups (broad SMARTS) is 1. The van der Waals surface area contributed by atoms with Gasteiger partial charge in [-0.05, 0) is 19.8 Å². The number of imidazole rings is 2. The Morgan fingerprint density at radius 2 is 1.46 bits per heavy atom. The zero-order valence-electron chi connectivity index (χ0n) is 21.3. The van der Waals surface area contributed by atoms with E-state index in [0.717, 1.165) is 0 Å². The van der Waals surface area contributed by atoms with Crippen LogP contribution in [-0.2, 0) is 32.0 Å². The van der Waals surface area contributed by atoms with Crippen molar-refractivity contribution in [1.29, 1.82) is 0 Å². The van der Waals surface area contributed by atoms with Crippen LogP contribution in [0.3, 0.4) is 0 Å². The monoisotopic (exact) mass is 549 g/mol. The van der Waals surface area contributed by atoms with E-state index in [2.05, 4.69) is 40.9 Å². The van der Waals surface area contributed by atoms with E-state index in [0.29, 0.717) is 17.8 Å². The number of guanidine groups is 1. The Kier molecular flexibility index (Phi) is 11.8. The van der Waals surface area contributed by atoms with Crippen molar-refractivity contribution in [1.82, 2.24) is 35.9 Å². The first-order valence-electron chi connectivity index (χ1n) is 12.0. The largest absolute Gasteiger partial charge is 0.480 e. The lowest BCUT2D eigenvalue weighted by Crippen LogP contribution is -2.59. The van der Waals surface area contributed by atoms with Gasteiger partial charge >= 0.3 is 5.97 Å². The van der Waals surface area contributed by atoms with Crippen molar-refractivity contribution in [2.45, 2.75) is 62.9 Å². The van der Waals surface area contributed by atoms with Crippen LogP contribution in [0.4, 0.5) is 0 Å². The van der Waals surface area contributed by atoms with Crippen LogP contribution in [-0.4, -0.2) is 96.6 Å². The topological polar surface area (TPSA) is 293 Å². The van der Waals surface area contributed by atoms with Crippen LogP contribution < -0.4 is 33.2 Å².